The first-order chi connectivity index (χ1) is 12.7. The molecule has 1 aromatic rings. The van der Waals surface area contributed by atoms with E-state index in [0.29, 0.717) is 17.1 Å². The van der Waals surface area contributed by atoms with E-state index in [9.17, 15) is 4.79 Å². The van der Waals surface area contributed by atoms with E-state index in [-0.39, 0.29) is 11.9 Å². The van der Waals surface area contributed by atoms with Gasteiger partial charge in [0.05, 0.1) is 27.4 Å². The fraction of sp³-hybridized carbons (Fsp3) is 0.650. The average Bonchev–Trinajstić information content (AvgIpc) is 2.93. The van der Waals surface area contributed by atoms with Crippen molar-refractivity contribution in [1.82, 2.24) is 9.80 Å². The van der Waals surface area contributed by atoms with E-state index in [1.807, 2.05) is 6.07 Å². The van der Waals surface area contributed by atoms with E-state index in [2.05, 4.69) is 9.80 Å². The van der Waals surface area contributed by atoms with Gasteiger partial charge in [0.1, 0.15) is 0 Å². The Kier molecular flexibility index (Phi) is 6.74. The number of hydrogen-bond donors (Lipinski definition) is 0. The fourth-order valence-corrected chi connectivity index (χ4v) is 3.85. The lowest BCUT2D eigenvalue weighted by Crippen LogP contribution is -2.49. The largest absolute Gasteiger partial charge is 0.493 e. The van der Waals surface area contributed by atoms with Crippen LogP contribution < -0.4 is 9.47 Å². The first kappa shape index (κ1) is 19.0. The number of carbonyl (C=O) groups is 1. The molecule has 2 aliphatic heterocycles. The number of carbonyl (C=O) groups excluding carboxylic acids is 1. The topological polar surface area (TPSA) is 51.2 Å². The molecule has 144 valence electrons. The number of hydrogen-bond acceptors (Lipinski definition) is 5. The van der Waals surface area contributed by atoms with Gasteiger partial charge in [0.15, 0.2) is 11.5 Å². The van der Waals surface area contributed by atoms with Crippen molar-refractivity contribution < 1.29 is 19.0 Å². The number of morpholine rings is 1. The van der Waals surface area contributed by atoms with E-state index >= 15 is 0 Å². The molecule has 1 atom stereocenters. The molecule has 2 heterocycles. The zero-order chi connectivity index (χ0) is 18.4. The van der Waals surface area contributed by atoms with Crippen molar-refractivity contribution in [2.75, 3.05) is 53.6 Å². The predicted octanol–water partition coefficient (Wildman–Crippen LogP) is 2.42. The fourth-order valence-electron chi connectivity index (χ4n) is 3.85. The average molecular weight is 362 g/mol. The second-order valence-electron chi connectivity index (χ2n) is 6.98. The van der Waals surface area contributed by atoms with Gasteiger partial charge in [0.2, 0.25) is 0 Å². The van der Waals surface area contributed by atoms with Crippen LogP contribution in [0.1, 0.15) is 36.0 Å². The van der Waals surface area contributed by atoms with Gasteiger partial charge in [-0.15, -0.1) is 0 Å². The van der Waals surface area contributed by atoms with Gasteiger partial charge in [-0.1, -0.05) is 12.8 Å². The first-order valence-electron chi connectivity index (χ1n) is 9.56. The number of nitrogens with zero attached hydrogens (tertiary/aromatic N) is 2. The monoisotopic (exact) mass is 362 g/mol. The lowest BCUT2D eigenvalue weighted by Gasteiger charge is -2.36. The lowest BCUT2D eigenvalue weighted by molar-refractivity contribution is 0.0218. The summed E-state index contributed by atoms with van der Waals surface area (Å²) in [6.07, 6.45) is 4.51. The highest BCUT2D eigenvalue weighted by Gasteiger charge is 2.29. The van der Waals surface area contributed by atoms with E-state index < -0.39 is 0 Å². The van der Waals surface area contributed by atoms with Gasteiger partial charge >= 0.3 is 0 Å². The SMILES string of the molecule is COc1ccc(C(=O)N2CCCCCC2CN2CCOCC2)cc1OC. The van der Waals surface area contributed by atoms with E-state index in [0.717, 1.165) is 52.2 Å². The summed E-state index contributed by atoms with van der Waals surface area (Å²) in [6.45, 7) is 5.24. The van der Waals surface area contributed by atoms with Crippen LogP contribution in [0.4, 0.5) is 0 Å². The Morgan fingerprint density at radius 3 is 2.58 bits per heavy atom. The van der Waals surface area contributed by atoms with Crippen LogP contribution >= 0.6 is 0 Å². The molecule has 0 bridgehead atoms. The molecular weight excluding hydrogens is 332 g/mol. The summed E-state index contributed by atoms with van der Waals surface area (Å²) < 4.78 is 16.1. The van der Waals surface area contributed by atoms with Gasteiger partial charge in [-0.25, -0.2) is 0 Å². The van der Waals surface area contributed by atoms with Gasteiger partial charge in [0.25, 0.3) is 5.91 Å². The molecule has 2 aliphatic rings. The molecule has 2 saturated heterocycles. The minimum Gasteiger partial charge on any atom is -0.493 e. The molecule has 6 heteroatoms. The number of amides is 1. The Morgan fingerprint density at radius 2 is 1.85 bits per heavy atom. The van der Waals surface area contributed by atoms with Crippen molar-refractivity contribution in [1.29, 1.82) is 0 Å². The number of methoxy groups -OCH3 is 2. The van der Waals surface area contributed by atoms with E-state index in [1.165, 1.54) is 12.8 Å². The van der Waals surface area contributed by atoms with Crippen molar-refractivity contribution in [3.8, 4) is 11.5 Å². The Bertz CT molecular complexity index is 601. The Labute approximate surface area is 156 Å². The van der Waals surface area contributed by atoms with Gasteiger partial charge < -0.3 is 19.1 Å². The van der Waals surface area contributed by atoms with Gasteiger partial charge in [-0.3, -0.25) is 9.69 Å². The highest BCUT2D eigenvalue weighted by atomic mass is 16.5. The molecule has 6 nitrogen and oxygen atoms in total. The van der Waals surface area contributed by atoms with Crippen LogP contribution in [0.5, 0.6) is 11.5 Å². The van der Waals surface area contributed by atoms with Crippen molar-refractivity contribution in [3.05, 3.63) is 23.8 Å². The second kappa shape index (κ2) is 9.24. The van der Waals surface area contributed by atoms with Crippen LogP contribution in [0.2, 0.25) is 0 Å². The van der Waals surface area contributed by atoms with Crippen molar-refractivity contribution >= 4 is 5.91 Å². The third kappa shape index (κ3) is 4.48. The first-order valence-corrected chi connectivity index (χ1v) is 9.56. The summed E-state index contributed by atoms with van der Waals surface area (Å²) >= 11 is 0. The van der Waals surface area contributed by atoms with Crippen LogP contribution in [0.25, 0.3) is 0 Å². The standard InChI is InChI=1S/C20H30N2O4/c1-24-18-8-7-16(14-19(18)25-2)20(23)22-9-5-3-4-6-17(22)15-21-10-12-26-13-11-21/h7-8,14,17H,3-6,9-13,15H2,1-2H3. The molecule has 26 heavy (non-hydrogen) atoms. The summed E-state index contributed by atoms with van der Waals surface area (Å²) in [5, 5.41) is 0. The normalized spacial score (nSPS) is 21.9. The minimum atomic E-state index is 0.0890. The number of likely N-dealkylation sites (tertiary alicyclic amines) is 1. The maximum atomic E-state index is 13.3. The lowest BCUT2D eigenvalue weighted by atomic mass is 10.1. The molecule has 0 N–H and O–H groups in total. The highest BCUT2D eigenvalue weighted by molar-refractivity contribution is 5.95. The van der Waals surface area contributed by atoms with Gasteiger partial charge in [-0.05, 0) is 31.0 Å². The molecule has 1 unspecified atom stereocenters. The quantitative estimate of drug-likeness (QED) is 0.805. The molecular formula is C20H30N2O4. The van der Waals surface area contributed by atoms with Crippen molar-refractivity contribution in [3.63, 3.8) is 0 Å². The minimum absolute atomic E-state index is 0.0890. The number of ether oxygens (including phenoxy) is 3. The second-order valence-corrected chi connectivity index (χ2v) is 6.98. The maximum absolute atomic E-state index is 13.3. The van der Waals surface area contributed by atoms with Crippen LogP contribution in [-0.4, -0.2) is 75.4 Å². The Morgan fingerprint density at radius 1 is 1.08 bits per heavy atom. The van der Waals surface area contributed by atoms with Crippen LogP contribution in [0.3, 0.4) is 0 Å². The number of benzene rings is 1. The van der Waals surface area contributed by atoms with Crippen LogP contribution in [-0.2, 0) is 4.74 Å². The summed E-state index contributed by atoms with van der Waals surface area (Å²) in [5.74, 6) is 1.33. The van der Waals surface area contributed by atoms with Crippen molar-refractivity contribution in [2.45, 2.75) is 31.7 Å². The van der Waals surface area contributed by atoms with Gasteiger partial charge in [0, 0.05) is 37.8 Å². The molecule has 2 fully saturated rings. The summed E-state index contributed by atoms with van der Waals surface area (Å²) in [6, 6.07) is 5.69. The zero-order valence-electron chi connectivity index (χ0n) is 15.9. The molecule has 0 spiro atoms. The Hall–Kier alpha value is -1.79. The summed E-state index contributed by atoms with van der Waals surface area (Å²) in [7, 11) is 3.20. The van der Waals surface area contributed by atoms with Crippen molar-refractivity contribution in [2.24, 2.45) is 0 Å². The summed E-state index contributed by atoms with van der Waals surface area (Å²) in [4.78, 5) is 17.8. The molecule has 0 saturated carbocycles. The zero-order valence-corrected chi connectivity index (χ0v) is 15.9. The molecule has 3 rings (SSSR count). The van der Waals surface area contributed by atoms with E-state index in [1.54, 1.807) is 26.4 Å². The number of rotatable bonds is 5. The van der Waals surface area contributed by atoms with Gasteiger partial charge in [-0.2, -0.15) is 0 Å². The summed E-state index contributed by atoms with van der Waals surface area (Å²) in [5.41, 5.74) is 0.663. The molecule has 0 aliphatic carbocycles. The molecule has 1 amide bonds. The molecule has 0 aromatic heterocycles. The predicted molar refractivity (Wildman–Crippen MR) is 100 cm³/mol. The smallest absolute Gasteiger partial charge is 0.254 e. The maximum Gasteiger partial charge on any atom is 0.254 e. The Balaban J connectivity index is 1.77. The highest BCUT2D eigenvalue weighted by Crippen LogP contribution is 2.29. The van der Waals surface area contributed by atoms with Crippen LogP contribution in [0.15, 0.2) is 18.2 Å². The van der Waals surface area contributed by atoms with E-state index in [4.69, 9.17) is 14.2 Å². The third-order valence-corrected chi connectivity index (χ3v) is 5.34. The molecule has 1 aromatic carbocycles. The van der Waals surface area contributed by atoms with Crippen LogP contribution in [0, 0.1) is 0 Å². The third-order valence-electron chi connectivity index (χ3n) is 5.34. The molecule has 0 radical (unpaired) electrons.